The first-order valence-electron chi connectivity index (χ1n) is 23.2. The van der Waals surface area contributed by atoms with Crippen LogP contribution in [0.15, 0.2) is 65.7 Å². The molecular weight excluding hydrogens is 900 g/mol. The van der Waals surface area contributed by atoms with Gasteiger partial charge in [-0.25, -0.2) is 13.9 Å². The van der Waals surface area contributed by atoms with Crippen LogP contribution in [-0.2, 0) is 46.3 Å². The van der Waals surface area contributed by atoms with Crippen LogP contribution in [0.1, 0.15) is 143 Å². The Balaban J connectivity index is 1.89. The molecule has 1 aliphatic rings. The average molecular weight is 976 g/mol. The van der Waals surface area contributed by atoms with Crippen molar-refractivity contribution in [2.45, 2.75) is 173 Å². The number of carbonyl (C=O) groups excluding carboxylic acids is 2. The SMILES string of the molecule is CCCCC/C=C\C/C=C\CC(O)/C=C\C=C\CCCC(=O)O[C@H](COC(=O)CCCCCCCCC(C)CC)COP(=O)(O)OP(=O)(O)OC[C@H]1O[C@@H](n2ccc(N)nc2=O)[C@H](O)[C@@H]1O. The van der Waals surface area contributed by atoms with Crippen molar-refractivity contribution < 1.29 is 71.4 Å². The minimum Gasteiger partial charge on any atom is -0.462 e. The summed E-state index contributed by atoms with van der Waals surface area (Å²) in [4.78, 5) is 61.6. The summed E-state index contributed by atoms with van der Waals surface area (Å²) in [5.74, 6) is -0.731. The third-order valence-electron chi connectivity index (χ3n) is 10.5. The molecule has 2 rings (SSSR count). The normalized spacial score (nSPS) is 21.1. The number of hydrogen-bond donors (Lipinski definition) is 6. The van der Waals surface area contributed by atoms with E-state index in [-0.39, 0.29) is 18.7 Å². The van der Waals surface area contributed by atoms with Crippen molar-refractivity contribution in [3.63, 3.8) is 0 Å². The number of phosphoric acid groups is 2. The number of unbranched alkanes of at least 4 members (excludes halogenated alkanes) is 9. The Hall–Kier alpha value is -3.32. The minimum absolute atomic E-state index is 0.0859. The second-order valence-electron chi connectivity index (χ2n) is 16.3. The van der Waals surface area contributed by atoms with Crippen LogP contribution in [0.3, 0.4) is 0 Å². The van der Waals surface area contributed by atoms with E-state index in [1.54, 1.807) is 24.3 Å². The average Bonchev–Trinajstić information content (AvgIpc) is 3.54. The van der Waals surface area contributed by atoms with Gasteiger partial charge in [-0.3, -0.25) is 23.2 Å². The summed E-state index contributed by atoms with van der Waals surface area (Å²) < 4.78 is 56.4. The summed E-state index contributed by atoms with van der Waals surface area (Å²) >= 11 is 0. The number of aromatic nitrogens is 2. The van der Waals surface area contributed by atoms with Crippen LogP contribution >= 0.6 is 15.6 Å². The van der Waals surface area contributed by atoms with Gasteiger partial charge in [0.2, 0.25) is 0 Å². The fraction of sp³-hybridized carbons (Fsp3) is 0.689. The highest BCUT2D eigenvalue weighted by Crippen LogP contribution is 2.60. The molecule has 1 aromatic rings. The lowest BCUT2D eigenvalue weighted by Gasteiger charge is -2.21. The minimum atomic E-state index is -5.45. The van der Waals surface area contributed by atoms with Crippen LogP contribution < -0.4 is 11.4 Å². The van der Waals surface area contributed by atoms with Crippen LogP contribution in [0, 0.1) is 5.92 Å². The van der Waals surface area contributed by atoms with Crippen LogP contribution in [0.4, 0.5) is 5.82 Å². The Morgan fingerprint density at radius 2 is 1.55 bits per heavy atom. The molecule has 9 atom stereocenters. The zero-order valence-corrected chi connectivity index (χ0v) is 40.5. The van der Waals surface area contributed by atoms with Gasteiger partial charge in [0.1, 0.15) is 30.7 Å². The van der Waals surface area contributed by atoms with E-state index in [1.807, 2.05) is 12.2 Å². The molecule has 66 heavy (non-hydrogen) atoms. The van der Waals surface area contributed by atoms with Gasteiger partial charge in [-0.05, 0) is 56.9 Å². The van der Waals surface area contributed by atoms with Crippen molar-refractivity contribution in [1.82, 2.24) is 9.55 Å². The molecular formula is C45H75N3O16P2. The van der Waals surface area contributed by atoms with Crippen molar-refractivity contribution in [3.8, 4) is 0 Å². The number of nitrogen functional groups attached to an aromatic ring is 1. The third-order valence-corrected chi connectivity index (χ3v) is 13.1. The number of aliphatic hydroxyl groups excluding tert-OH is 3. The van der Waals surface area contributed by atoms with Crippen molar-refractivity contribution in [2.24, 2.45) is 5.92 Å². The smallest absolute Gasteiger partial charge is 0.462 e. The number of nitrogens with two attached hydrogens (primary N) is 1. The highest BCUT2D eigenvalue weighted by Gasteiger charge is 2.46. The Morgan fingerprint density at radius 1 is 0.864 bits per heavy atom. The van der Waals surface area contributed by atoms with E-state index in [0.717, 1.165) is 55.7 Å². The highest BCUT2D eigenvalue weighted by molar-refractivity contribution is 7.61. The lowest BCUT2D eigenvalue weighted by atomic mass is 10.00. The summed E-state index contributed by atoms with van der Waals surface area (Å²) in [6.45, 7) is 4.18. The van der Waals surface area contributed by atoms with Crippen molar-refractivity contribution in [2.75, 3.05) is 25.6 Å². The molecule has 19 nitrogen and oxygen atoms in total. The molecule has 0 radical (unpaired) electrons. The van der Waals surface area contributed by atoms with Gasteiger partial charge in [-0.2, -0.15) is 9.29 Å². The molecule has 2 heterocycles. The summed E-state index contributed by atoms with van der Waals surface area (Å²) in [6.07, 6.45) is 22.7. The first-order valence-corrected chi connectivity index (χ1v) is 26.1. The van der Waals surface area contributed by atoms with Gasteiger partial charge >= 0.3 is 33.3 Å². The Kier molecular flexibility index (Phi) is 29.6. The largest absolute Gasteiger partial charge is 0.481 e. The lowest BCUT2D eigenvalue weighted by Crippen LogP contribution is -2.36. The number of aliphatic hydroxyl groups is 3. The third kappa shape index (κ3) is 26.3. The molecule has 376 valence electrons. The monoisotopic (exact) mass is 975 g/mol. The molecule has 0 aliphatic carbocycles. The molecule has 0 saturated carbocycles. The fourth-order valence-corrected chi connectivity index (χ4v) is 8.59. The number of nitrogens with zero attached hydrogens (tertiary/aromatic N) is 2. The zero-order chi connectivity index (χ0) is 48.8. The summed E-state index contributed by atoms with van der Waals surface area (Å²) in [7, 11) is -10.9. The van der Waals surface area contributed by atoms with Crippen molar-refractivity contribution >= 4 is 33.4 Å². The van der Waals surface area contributed by atoms with Crippen LogP contribution in [0.2, 0.25) is 0 Å². The molecule has 1 aromatic heterocycles. The molecule has 0 amide bonds. The number of esters is 2. The maximum Gasteiger partial charge on any atom is 0.481 e. The summed E-state index contributed by atoms with van der Waals surface area (Å²) in [5, 5.41) is 31.0. The van der Waals surface area contributed by atoms with Gasteiger partial charge < -0.3 is 45.1 Å². The van der Waals surface area contributed by atoms with Gasteiger partial charge in [-0.15, -0.1) is 0 Å². The fourth-order valence-electron chi connectivity index (χ4n) is 6.48. The molecule has 1 aliphatic heterocycles. The maximum absolute atomic E-state index is 12.8. The van der Waals surface area contributed by atoms with E-state index in [1.165, 1.54) is 38.2 Å². The molecule has 1 saturated heterocycles. The van der Waals surface area contributed by atoms with Gasteiger partial charge in [0.15, 0.2) is 12.3 Å². The zero-order valence-electron chi connectivity index (χ0n) is 38.8. The summed E-state index contributed by atoms with van der Waals surface area (Å²) in [6, 6.07) is 1.24. The first-order chi connectivity index (χ1) is 31.5. The molecule has 4 unspecified atom stereocenters. The Morgan fingerprint density at radius 3 is 2.27 bits per heavy atom. The molecule has 1 fully saturated rings. The van der Waals surface area contributed by atoms with E-state index in [0.29, 0.717) is 31.6 Å². The van der Waals surface area contributed by atoms with E-state index in [9.17, 15) is 48.6 Å². The summed E-state index contributed by atoms with van der Waals surface area (Å²) in [5.41, 5.74) is 4.56. The first kappa shape index (κ1) is 58.8. The number of hydrogen-bond acceptors (Lipinski definition) is 16. The molecule has 7 N–H and O–H groups in total. The van der Waals surface area contributed by atoms with E-state index in [4.69, 9.17) is 29.0 Å². The Labute approximate surface area is 389 Å². The van der Waals surface area contributed by atoms with Gasteiger partial charge in [0.05, 0.1) is 19.3 Å². The van der Waals surface area contributed by atoms with Gasteiger partial charge in [0, 0.05) is 19.0 Å². The second kappa shape index (κ2) is 33.2. The quantitative estimate of drug-likeness (QED) is 0.0125. The molecule has 0 aromatic carbocycles. The van der Waals surface area contributed by atoms with Crippen molar-refractivity contribution in [1.29, 1.82) is 0 Å². The maximum atomic E-state index is 12.8. The molecule has 0 bridgehead atoms. The number of carbonyl (C=O) groups is 2. The highest BCUT2D eigenvalue weighted by atomic mass is 31.3. The predicted molar refractivity (Wildman–Crippen MR) is 248 cm³/mol. The predicted octanol–water partition coefficient (Wildman–Crippen LogP) is 7.43. The number of ether oxygens (including phenoxy) is 3. The van der Waals surface area contributed by atoms with E-state index >= 15 is 0 Å². The topological polar surface area (TPSA) is 286 Å². The van der Waals surface area contributed by atoms with Gasteiger partial charge in [-0.1, -0.05) is 127 Å². The molecule has 21 heteroatoms. The standard InChI is InChI=1S/C45H75N3O16P2/c1-4-6-7-8-9-10-11-16-21-26-36(49)27-22-17-14-19-24-29-41(51)62-37(32-59-40(50)28-23-18-13-12-15-20-25-35(3)5-2)33-60-65(55,56)64-66(57,58)61-34-38-42(52)43(53)44(63-38)48-31-30-39(46)47-45(48)54/h9-10,14,16-17,21-22,27,30-31,35-38,42-44,49,52-53H,4-8,11-13,15,18-20,23-26,28-29,32-34H2,1-3H3,(H,55,56)(H,57,58)(H2,46,47,54)/b10-9-,17-14+,21-16-,27-22-/t35?,36?,37-,38-,42-,43-,44-/m1/s1. The van der Waals surface area contributed by atoms with Crippen LogP contribution in [0.25, 0.3) is 0 Å². The number of phosphoric ester groups is 2. The number of anilines is 1. The lowest BCUT2D eigenvalue weighted by molar-refractivity contribution is -0.161. The van der Waals surface area contributed by atoms with Gasteiger partial charge in [0.25, 0.3) is 0 Å². The van der Waals surface area contributed by atoms with Crippen molar-refractivity contribution in [3.05, 3.63) is 71.4 Å². The Bertz CT molecular complexity index is 1820. The van der Waals surface area contributed by atoms with E-state index in [2.05, 4.69) is 42.2 Å². The number of rotatable bonds is 36. The van der Waals surface area contributed by atoms with Crippen LogP contribution in [0.5, 0.6) is 0 Å². The van der Waals surface area contributed by atoms with Crippen LogP contribution in [-0.4, -0.2) is 96.9 Å². The second-order valence-corrected chi connectivity index (χ2v) is 19.4. The molecule has 0 spiro atoms. The number of allylic oxidation sites excluding steroid dienone is 6. The van der Waals surface area contributed by atoms with E-state index < -0.39 is 89.8 Å².